The summed E-state index contributed by atoms with van der Waals surface area (Å²) in [6.45, 7) is 2.84. The Morgan fingerprint density at radius 2 is 1.89 bits per heavy atom. The number of benzene rings is 1. The molecule has 1 atom stereocenters. The number of nitrogens with one attached hydrogen (secondary N) is 1. The van der Waals surface area contributed by atoms with Crippen molar-refractivity contribution in [3.8, 4) is 0 Å². The lowest BCUT2D eigenvalue weighted by atomic mass is 9.97. The molecule has 0 spiro atoms. The van der Waals surface area contributed by atoms with Gasteiger partial charge in [-0.15, -0.1) is 0 Å². The molecule has 0 saturated carbocycles. The molecule has 1 N–H and O–H groups in total. The second-order valence-corrected chi connectivity index (χ2v) is 7.35. The van der Waals surface area contributed by atoms with Crippen LogP contribution in [-0.4, -0.2) is 41.0 Å². The maximum absolute atomic E-state index is 12.4. The average molecular weight is 423 g/mol. The molecule has 1 aliphatic heterocycles. The number of piperidine rings is 1. The molecule has 1 amide bonds. The fraction of sp³-hybridized carbons (Fsp3) is 0.368. The Hall–Kier alpha value is -2.38. The van der Waals surface area contributed by atoms with Crippen molar-refractivity contribution >= 4 is 46.7 Å². The van der Waals surface area contributed by atoms with Crippen molar-refractivity contribution in [2.24, 2.45) is 5.92 Å². The topological polar surface area (TPSA) is 84.4 Å². The molecule has 2 heterocycles. The second-order valence-electron chi connectivity index (χ2n) is 6.50. The van der Waals surface area contributed by atoms with Crippen LogP contribution in [0.15, 0.2) is 36.7 Å². The fourth-order valence-corrected chi connectivity index (χ4v) is 3.26. The van der Waals surface area contributed by atoms with Crippen molar-refractivity contribution in [2.75, 3.05) is 23.3 Å². The highest BCUT2D eigenvalue weighted by Gasteiger charge is 2.29. The summed E-state index contributed by atoms with van der Waals surface area (Å²) < 4.78 is 5.36. The normalized spacial score (nSPS) is 15.8. The molecule has 7 nitrogen and oxygen atoms in total. The highest BCUT2D eigenvalue weighted by atomic mass is 35.5. The monoisotopic (exact) mass is 422 g/mol. The molecule has 148 valence electrons. The molecule has 2 aromatic rings. The Labute approximate surface area is 173 Å². The molecule has 3 rings (SSSR count). The lowest BCUT2D eigenvalue weighted by Gasteiger charge is -2.31. The van der Waals surface area contributed by atoms with Gasteiger partial charge in [-0.25, -0.2) is 9.97 Å². The van der Waals surface area contributed by atoms with E-state index in [1.807, 2.05) is 4.90 Å². The van der Waals surface area contributed by atoms with Crippen LogP contribution < -0.4 is 10.2 Å². The van der Waals surface area contributed by atoms with Gasteiger partial charge in [-0.1, -0.05) is 23.2 Å². The van der Waals surface area contributed by atoms with Gasteiger partial charge in [-0.05, 0) is 44.0 Å². The van der Waals surface area contributed by atoms with Crippen LogP contribution in [0.5, 0.6) is 0 Å². The van der Waals surface area contributed by atoms with Crippen molar-refractivity contribution in [1.29, 1.82) is 0 Å². The number of amides is 1. The van der Waals surface area contributed by atoms with E-state index < -0.39 is 12.0 Å². The SMILES string of the molecule is CC(OC(=O)C1CCN(c2ncccn2)CC1)C(=O)Nc1cc(Cl)ccc1Cl. The number of rotatable bonds is 5. The molecule has 1 aliphatic rings. The van der Waals surface area contributed by atoms with Crippen molar-refractivity contribution in [3.05, 3.63) is 46.7 Å². The first kappa shape index (κ1) is 20.4. The number of hydrogen-bond donors (Lipinski definition) is 1. The molecular formula is C19H20Cl2N4O3. The molecule has 1 unspecified atom stereocenters. The molecule has 1 aromatic heterocycles. The van der Waals surface area contributed by atoms with E-state index in [0.717, 1.165) is 0 Å². The standard InChI is InChI=1S/C19H20Cl2N4O3/c1-12(17(26)24-16-11-14(20)3-4-15(16)21)28-18(27)13-5-9-25(10-6-13)19-22-7-2-8-23-19/h2-4,7-8,11-13H,5-6,9-10H2,1H3,(H,24,26). The first-order valence-corrected chi connectivity index (χ1v) is 9.68. The fourth-order valence-electron chi connectivity index (χ4n) is 2.92. The van der Waals surface area contributed by atoms with Crippen LogP contribution in [0.1, 0.15) is 19.8 Å². The van der Waals surface area contributed by atoms with E-state index >= 15 is 0 Å². The zero-order valence-electron chi connectivity index (χ0n) is 15.3. The van der Waals surface area contributed by atoms with E-state index in [-0.39, 0.29) is 11.9 Å². The van der Waals surface area contributed by atoms with Gasteiger partial charge in [0, 0.05) is 30.5 Å². The van der Waals surface area contributed by atoms with Gasteiger partial charge in [-0.3, -0.25) is 9.59 Å². The summed E-state index contributed by atoms with van der Waals surface area (Å²) >= 11 is 12.0. The number of carbonyl (C=O) groups excluding carboxylic acids is 2. The first-order chi connectivity index (χ1) is 13.4. The zero-order valence-corrected chi connectivity index (χ0v) is 16.8. The second kappa shape index (κ2) is 9.21. The van der Waals surface area contributed by atoms with Gasteiger partial charge in [0.15, 0.2) is 6.10 Å². The minimum Gasteiger partial charge on any atom is -0.452 e. The molecule has 0 bridgehead atoms. The Kier molecular flexibility index (Phi) is 6.70. The molecule has 1 aromatic carbocycles. The molecule has 9 heteroatoms. The third kappa shape index (κ3) is 5.11. The summed E-state index contributed by atoms with van der Waals surface area (Å²) in [6, 6.07) is 6.50. The van der Waals surface area contributed by atoms with E-state index in [2.05, 4.69) is 15.3 Å². The molecular weight excluding hydrogens is 403 g/mol. The van der Waals surface area contributed by atoms with E-state index in [0.29, 0.717) is 47.6 Å². The third-order valence-corrected chi connectivity index (χ3v) is 5.08. The molecule has 1 saturated heterocycles. The Morgan fingerprint density at radius 3 is 2.57 bits per heavy atom. The summed E-state index contributed by atoms with van der Waals surface area (Å²) in [4.78, 5) is 35.2. The number of carbonyl (C=O) groups is 2. The van der Waals surface area contributed by atoms with E-state index in [4.69, 9.17) is 27.9 Å². The van der Waals surface area contributed by atoms with Crippen molar-refractivity contribution in [2.45, 2.75) is 25.9 Å². The summed E-state index contributed by atoms with van der Waals surface area (Å²) in [5, 5.41) is 3.43. The van der Waals surface area contributed by atoms with Gasteiger partial charge in [0.05, 0.1) is 16.6 Å². The summed E-state index contributed by atoms with van der Waals surface area (Å²) in [6.07, 6.45) is 3.67. The van der Waals surface area contributed by atoms with Crippen LogP contribution in [0.3, 0.4) is 0 Å². The summed E-state index contributed by atoms with van der Waals surface area (Å²) in [5.41, 5.74) is 0.373. The first-order valence-electron chi connectivity index (χ1n) is 8.92. The van der Waals surface area contributed by atoms with Crippen molar-refractivity contribution in [3.63, 3.8) is 0 Å². The van der Waals surface area contributed by atoms with Crippen LogP contribution in [0.4, 0.5) is 11.6 Å². The Balaban J connectivity index is 1.50. The number of halogens is 2. The van der Waals surface area contributed by atoms with Crippen LogP contribution in [0.2, 0.25) is 10.0 Å². The average Bonchev–Trinajstić information content (AvgIpc) is 2.71. The largest absolute Gasteiger partial charge is 0.452 e. The Morgan fingerprint density at radius 1 is 1.21 bits per heavy atom. The minimum atomic E-state index is -0.946. The van der Waals surface area contributed by atoms with Crippen LogP contribution in [0.25, 0.3) is 0 Å². The molecule has 1 fully saturated rings. The van der Waals surface area contributed by atoms with Gasteiger partial charge >= 0.3 is 5.97 Å². The van der Waals surface area contributed by atoms with E-state index in [1.54, 1.807) is 30.6 Å². The van der Waals surface area contributed by atoms with Gasteiger partial charge in [0.2, 0.25) is 5.95 Å². The predicted octanol–water partition coefficient (Wildman–Crippen LogP) is 3.57. The lowest BCUT2D eigenvalue weighted by Crippen LogP contribution is -2.39. The smallest absolute Gasteiger partial charge is 0.309 e. The van der Waals surface area contributed by atoms with E-state index in [1.165, 1.54) is 13.0 Å². The van der Waals surface area contributed by atoms with Gasteiger partial charge in [0.25, 0.3) is 5.91 Å². The maximum Gasteiger partial charge on any atom is 0.309 e. The predicted molar refractivity (Wildman–Crippen MR) is 108 cm³/mol. The van der Waals surface area contributed by atoms with Gasteiger partial charge in [0.1, 0.15) is 0 Å². The summed E-state index contributed by atoms with van der Waals surface area (Å²) in [7, 11) is 0. The van der Waals surface area contributed by atoms with E-state index in [9.17, 15) is 9.59 Å². The lowest BCUT2D eigenvalue weighted by molar-refractivity contribution is -0.157. The number of aromatic nitrogens is 2. The highest BCUT2D eigenvalue weighted by Crippen LogP contribution is 2.26. The third-order valence-electron chi connectivity index (χ3n) is 4.51. The van der Waals surface area contributed by atoms with Crippen LogP contribution >= 0.6 is 23.2 Å². The molecule has 0 radical (unpaired) electrons. The van der Waals surface area contributed by atoms with Crippen LogP contribution in [0, 0.1) is 5.92 Å². The van der Waals surface area contributed by atoms with Gasteiger partial charge < -0.3 is 15.0 Å². The minimum absolute atomic E-state index is 0.259. The maximum atomic E-state index is 12.4. The van der Waals surface area contributed by atoms with Crippen LogP contribution in [-0.2, 0) is 14.3 Å². The zero-order chi connectivity index (χ0) is 20.1. The number of hydrogen-bond acceptors (Lipinski definition) is 6. The van der Waals surface area contributed by atoms with Gasteiger partial charge in [-0.2, -0.15) is 0 Å². The summed E-state index contributed by atoms with van der Waals surface area (Å²) in [5.74, 6) is -0.452. The molecule has 0 aliphatic carbocycles. The highest BCUT2D eigenvalue weighted by molar-refractivity contribution is 6.35. The molecule has 28 heavy (non-hydrogen) atoms. The number of anilines is 2. The number of ether oxygens (including phenoxy) is 1. The quantitative estimate of drug-likeness (QED) is 0.741. The van der Waals surface area contributed by atoms with Crippen molar-refractivity contribution in [1.82, 2.24) is 9.97 Å². The number of nitrogens with zero attached hydrogens (tertiary/aromatic N) is 3. The van der Waals surface area contributed by atoms with Crippen molar-refractivity contribution < 1.29 is 14.3 Å². The number of esters is 1. The Bertz CT molecular complexity index is 842.